The van der Waals surface area contributed by atoms with Crippen molar-refractivity contribution in [1.29, 1.82) is 0 Å². The average molecular weight is 323 g/mol. The van der Waals surface area contributed by atoms with E-state index in [1.165, 1.54) is 64.1 Å². The molecule has 0 fully saturated rings. The van der Waals surface area contributed by atoms with Crippen LogP contribution in [0, 0.1) is 0 Å². The molecular weight excluding hydrogens is 290 g/mol. The van der Waals surface area contributed by atoms with Crippen molar-refractivity contribution in [2.75, 3.05) is 13.1 Å². The summed E-state index contributed by atoms with van der Waals surface area (Å²) < 4.78 is 5.18. The van der Waals surface area contributed by atoms with E-state index in [0.717, 1.165) is 6.42 Å². The molecular formula is C18H33N3O2. The van der Waals surface area contributed by atoms with Crippen molar-refractivity contribution in [3.63, 3.8) is 0 Å². The zero-order chi connectivity index (χ0) is 16.8. The fourth-order valence-corrected chi connectivity index (χ4v) is 2.56. The van der Waals surface area contributed by atoms with Crippen molar-refractivity contribution in [1.82, 2.24) is 10.3 Å². The average Bonchev–Trinajstić information content (AvgIpc) is 3.01. The van der Waals surface area contributed by atoms with Gasteiger partial charge in [-0.1, -0.05) is 64.7 Å². The molecule has 0 radical (unpaired) electrons. The molecule has 0 aliphatic heterocycles. The number of hydrogen-bond acceptors (Lipinski definition) is 4. The van der Waals surface area contributed by atoms with Crippen molar-refractivity contribution in [2.24, 2.45) is 5.73 Å². The number of carbonyl (C=O) groups excluding carboxylic acids is 1. The second kappa shape index (κ2) is 13.1. The lowest BCUT2D eigenvalue weighted by molar-refractivity contribution is 0.0948. The van der Waals surface area contributed by atoms with E-state index in [4.69, 9.17) is 10.2 Å². The maximum Gasteiger partial charge on any atom is 0.273 e. The quantitative estimate of drug-likeness (QED) is 0.510. The fourth-order valence-electron chi connectivity index (χ4n) is 2.56. The van der Waals surface area contributed by atoms with Crippen LogP contribution in [-0.2, 0) is 6.42 Å². The lowest BCUT2D eigenvalue weighted by Crippen LogP contribution is -2.24. The van der Waals surface area contributed by atoms with Crippen molar-refractivity contribution < 1.29 is 9.21 Å². The molecule has 3 N–H and O–H groups in total. The molecule has 0 aliphatic rings. The number of nitrogens with one attached hydrogen (secondary N) is 1. The van der Waals surface area contributed by atoms with Crippen LogP contribution in [0.5, 0.6) is 0 Å². The summed E-state index contributed by atoms with van der Waals surface area (Å²) >= 11 is 0. The highest BCUT2D eigenvalue weighted by Crippen LogP contribution is 2.10. The largest absolute Gasteiger partial charge is 0.448 e. The van der Waals surface area contributed by atoms with Gasteiger partial charge in [0.1, 0.15) is 6.26 Å². The van der Waals surface area contributed by atoms with Crippen LogP contribution in [0.25, 0.3) is 0 Å². The van der Waals surface area contributed by atoms with Crippen LogP contribution in [-0.4, -0.2) is 24.0 Å². The first-order valence-electron chi connectivity index (χ1n) is 9.20. The molecule has 1 heterocycles. The number of aromatic nitrogens is 1. The molecule has 1 aromatic rings. The summed E-state index contributed by atoms with van der Waals surface area (Å²) in [5, 5.41) is 2.89. The molecule has 0 unspecified atom stereocenters. The molecule has 132 valence electrons. The molecule has 5 nitrogen and oxygen atoms in total. The molecule has 1 amide bonds. The number of unbranched alkanes of at least 4 members (excludes halogenated alkanes) is 9. The molecule has 0 aromatic carbocycles. The summed E-state index contributed by atoms with van der Waals surface area (Å²) in [6.07, 6.45) is 14.9. The number of nitrogens with two attached hydrogens (primary N) is 1. The van der Waals surface area contributed by atoms with E-state index < -0.39 is 0 Å². The Balaban J connectivity index is 1.95. The van der Waals surface area contributed by atoms with Crippen LogP contribution in [0.15, 0.2) is 10.7 Å². The number of oxazole rings is 1. The van der Waals surface area contributed by atoms with Gasteiger partial charge in [-0.05, 0) is 6.42 Å². The third-order valence-electron chi connectivity index (χ3n) is 3.96. The molecule has 0 saturated heterocycles. The van der Waals surface area contributed by atoms with Gasteiger partial charge in [-0.2, -0.15) is 0 Å². The third kappa shape index (κ3) is 9.39. The Morgan fingerprint density at radius 2 is 1.70 bits per heavy atom. The van der Waals surface area contributed by atoms with Gasteiger partial charge in [0.15, 0.2) is 11.6 Å². The number of rotatable bonds is 14. The second-order valence-electron chi connectivity index (χ2n) is 6.10. The van der Waals surface area contributed by atoms with E-state index in [-0.39, 0.29) is 5.91 Å². The molecule has 1 aromatic heterocycles. The van der Waals surface area contributed by atoms with Crippen LogP contribution in [0.3, 0.4) is 0 Å². The van der Waals surface area contributed by atoms with Crippen LogP contribution in [0.1, 0.15) is 87.5 Å². The van der Waals surface area contributed by atoms with Crippen molar-refractivity contribution in [3.8, 4) is 0 Å². The minimum atomic E-state index is -0.159. The zero-order valence-corrected chi connectivity index (χ0v) is 14.6. The molecule has 0 spiro atoms. The summed E-state index contributed by atoms with van der Waals surface area (Å²) in [7, 11) is 0. The molecule has 0 bridgehead atoms. The minimum Gasteiger partial charge on any atom is -0.448 e. The van der Waals surface area contributed by atoms with E-state index in [1.54, 1.807) is 0 Å². The molecule has 0 saturated carbocycles. The maximum absolute atomic E-state index is 11.9. The lowest BCUT2D eigenvalue weighted by atomic mass is 10.1. The highest BCUT2D eigenvalue weighted by Gasteiger charge is 2.10. The first kappa shape index (κ1) is 19.7. The highest BCUT2D eigenvalue weighted by molar-refractivity contribution is 5.91. The first-order chi connectivity index (χ1) is 11.3. The van der Waals surface area contributed by atoms with E-state index >= 15 is 0 Å². The van der Waals surface area contributed by atoms with Gasteiger partial charge in [-0.25, -0.2) is 4.98 Å². The van der Waals surface area contributed by atoms with Crippen molar-refractivity contribution in [3.05, 3.63) is 17.8 Å². The number of hydrogen-bond donors (Lipinski definition) is 2. The molecule has 5 heteroatoms. The Hall–Kier alpha value is -1.36. The number of carbonyl (C=O) groups is 1. The number of nitrogens with zero attached hydrogens (tertiary/aromatic N) is 1. The summed E-state index contributed by atoms with van der Waals surface area (Å²) in [6, 6.07) is 0. The van der Waals surface area contributed by atoms with Gasteiger partial charge in [0.25, 0.3) is 5.91 Å². The molecule has 1 rings (SSSR count). The first-order valence-corrected chi connectivity index (χ1v) is 9.20. The van der Waals surface area contributed by atoms with Crippen LogP contribution < -0.4 is 11.1 Å². The van der Waals surface area contributed by atoms with Crippen LogP contribution >= 0.6 is 0 Å². The van der Waals surface area contributed by atoms with Gasteiger partial charge >= 0.3 is 0 Å². The van der Waals surface area contributed by atoms with Crippen molar-refractivity contribution in [2.45, 2.75) is 77.6 Å². The molecule has 0 atom stereocenters. The smallest absolute Gasteiger partial charge is 0.273 e. The fraction of sp³-hybridized carbons (Fsp3) is 0.778. The van der Waals surface area contributed by atoms with Gasteiger partial charge < -0.3 is 15.5 Å². The Labute approximate surface area is 140 Å². The van der Waals surface area contributed by atoms with Gasteiger partial charge in [0.2, 0.25) is 0 Å². The lowest BCUT2D eigenvalue weighted by Gasteiger charge is -2.04. The standard InChI is InChI=1S/C18H33N3O2/c1-2-3-4-5-6-7-8-9-10-11-14-20-18(22)16-15-23-17(21-16)12-13-19/h15H,2-14,19H2,1H3,(H,20,22). The van der Waals surface area contributed by atoms with E-state index in [9.17, 15) is 4.79 Å². The summed E-state index contributed by atoms with van der Waals surface area (Å²) in [4.78, 5) is 16.0. The summed E-state index contributed by atoms with van der Waals surface area (Å²) in [5.74, 6) is 0.365. The molecule has 0 aliphatic carbocycles. The predicted octanol–water partition coefficient (Wildman–Crippen LogP) is 3.83. The predicted molar refractivity (Wildman–Crippen MR) is 93.4 cm³/mol. The van der Waals surface area contributed by atoms with Gasteiger partial charge in [-0.3, -0.25) is 4.79 Å². The minimum absolute atomic E-state index is 0.159. The van der Waals surface area contributed by atoms with E-state index in [2.05, 4.69) is 17.2 Å². The Morgan fingerprint density at radius 1 is 1.09 bits per heavy atom. The SMILES string of the molecule is CCCCCCCCCCCCNC(=O)c1coc(CCN)n1. The van der Waals surface area contributed by atoms with Gasteiger partial charge in [0, 0.05) is 19.5 Å². The van der Waals surface area contributed by atoms with E-state index in [0.29, 0.717) is 31.1 Å². The monoisotopic (exact) mass is 323 g/mol. The Morgan fingerprint density at radius 3 is 2.30 bits per heavy atom. The Bertz CT molecular complexity index is 418. The van der Waals surface area contributed by atoms with Crippen LogP contribution in [0.2, 0.25) is 0 Å². The van der Waals surface area contributed by atoms with Crippen molar-refractivity contribution >= 4 is 5.91 Å². The second-order valence-corrected chi connectivity index (χ2v) is 6.10. The third-order valence-corrected chi connectivity index (χ3v) is 3.96. The number of amides is 1. The van der Waals surface area contributed by atoms with Gasteiger partial charge in [0.05, 0.1) is 0 Å². The maximum atomic E-state index is 11.9. The summed E-state index contributed by atoms with van der Waals surface area (Å²) in [5.41, 5.74) is 5.77. The molecule has 23 heavy (non-hydrogen) atoms. The normalized spacial score (nSPS) is 10.9. The topological polar surface area (TPSA) is 81.2 Å². The summed E-state index contributed by atoms with van der Waals surface area (Å²) in [6.45, 7) is 3.43. The zero-order valence-electron chi connectivity index (χ0n) is 14.6. The van der Waals surface area contributed by atoms with E-state index in [1.807, 2.05) is 0 Å². The Kier molecular flexibility index (Phi) is 11.2. The van der Waals surface area contributed by atoms with Gasteiger partial charge in [-0.15, -0.1) is 0 Å². The van der Waals surface area contributed by atoms with Crippen LogP contribution in [0.4, 0.5) is 0 Å². The highest BCUT2D eigenvalue weighted by atomic mass is 16.3.